The van der Waals surface area contributed by atoms with Gasteiger partial charge < -0.3 is 15.4 Å². The summed E-state index contributed by atoms with van der Waals surface area (Å²) < 4.78 is 31.4. The van der Waals surface area contributed by atoms with Crippen LogP contribution in [0, 0.1) is 0 Å². The Morgan fingerprint density at radius 1 is 1.18 bits per heavy atom. The van der Waals surface area contributed by atoms with Crippen LogP contribution in [-0.4, -0.2) is 53.7 Å². The molecule has 1 amide bonds. The van der Waals surface area contributed by atoms with Gasteiger partial charge in [-0.25, -0.2) is 8.42 Å². The highest BCUT2D eigenvalue weighted by Gasteiger charge is 2.44. The number of sulfone groups is 1. The summed E-state index contributed by atoms with van der Waals surface area (Å²) in [6.45, 7) is 1.17. The van der Waals surface area contributed by atoms with E-state index in [9.17, 15) is 13.2 Å². The van der Waals surface area contributed by atoms with E-state index in [1.807, 2.05) is 30.5 Å². The zero-order valence-corrected chi connectivity index (χ0v) is 23.9. The van der Waals surface area contributed by atoms with Gasteiger partial charge in [-0.2, -0.15) is 5.10 Å². The summed E-state index contributed by atoms with van der Waals surface area (Å²) in [6.07, 6.45) is 8.07. The van der Waals surface area contributed by atoms with Crippen LogP contribution in [0.4, 0.5) is 5.69 Å². The van der Waals surface area contributed by atoms with E-state index in [1.54, 1.807) is 41.5 Å². The number of rotatable bonds is 7. The number of nitrogens with zero attached hydrogens (tertiary/aromatic N) is 3. The van der Waals surface area contributed by atoms with Gasteiger partial charge in [-0.1, -0.05) is 35.9 Å². The largest absolute Gasteiger partial charge is 0.493 e. The summed E-state index contributed by atoms with van der Waals surface area (Å²) >= 11 is 6.39. The fourth-order valence-corrected chi connectivity index (χ4v) is 7.38. The van der Waals surface area contributed by atoms with E-state index in [0.717, 1.165) is 21.9 Å². The number of halogens is 2. The fourth-order valence-electron chi connectivity index (χ4n) is 5.50. The van der Waals surface area contributed by atoms with Crippen LogP contribution in [0.15, 0.2) is 67.3 Å². The number of anilines is 1. The lowest BCUT2D eigenvalue weighted by atomic mass is 9.74. The van der Waals surface area contributed by atoms with Gasteiger partial charge in [0.15, 0.2) is 9.84 Å². The van der Waals surface area contributed by atoms with E-state index in [4.69, 9.17) is 16.3 Å². The van der Waals surface area contributed by atoms with Crippen molar-refractivity contribution in [2.45, 2.75) is 30.8 Å². The van der Waals surface area contributed by atoms with Crippen molar-refractivity contribution >= 4 is 56.2 Å². The number of carbonyl (C=O) groups excluding carboxylic acids is 1. The topological polar surface area (TPSA) is 115 Å². The van der Waals surface area contributed by atoms with Crippen LogP contribution in [0.3, 0.4) is 0 Å². The third-order valence-corrected chi connectivity index (χ3v) is 9.57. The first kappa shape index (κ1) is 28.4. The molecule has 40 heavy (non-hydrogen) atoms. The lowest BCUT2D eigenvalue weighted by molar-refractivity contribution is -0.122. The Morgan fingerprint density at radius 3 is 2.85 bits per heavy atom. The summed E-state index contributed by atoms with van der Waals surface area (Å²) in [5.74, 6) is 0.769. The van der Waals surface area contributed by atoms with E-state index in [2.05, 4.69) is 20.7 Å². The maximum atomic E-state index is 14.1. The highest BCUT2D eigenvalue weighted by Crippen LogP contribution is 2.41. The van der Waals surface area contributed by atoms with Gasteiger partial charge in [-0.3, -0.25) is 14.5 Å². The molecule has 2 N–H and O–H groups in total. The monoisotopic (exact) mass is 601 g/mol. The number of ether oxygens (including phenoxy) is 1. The molecule has 4 heterocycles. The molecule has 0 saturated carbocycles. The number of pyridine rings is 1. The Morgan fingerprint density at radius 2 is 2.02 bits per heavy atom. The van der Waals surface area contributed by atoms with Gasteiger partial charge in [-0.05, 0) is 24.6 Å². The summed E-state index contributed by atoms with van der Waals surface area (Å²) in [7, 11) is -3.00. The molecule has 2 aliphatic rings. The molecule has 210 valence electrons. The minimum absolute atomic E-state index is 0. The number of hydrogen-bond acceptors (Lipinski definition) is 7. The van der Waals surface area contributed by atoms with E-state index < -0.39 is 15.3 Å². The van der Waals surface area contributed by atoms with Crippen molar-refractivity contribution < 1.29 is 17.9 Å². The molecule has 9 nitrogen and oxygen atoms in total. The fraction of sp³-hybridized carbons (Fsp3) is 0.321. The number of nitrogens with one attached hydrogen (secondary N) is 2. The van der Waals surface area contributed by atoms with Crippen molar-refractivity contribution in [3.05, 3.63) is 83.4 Å². The number of hydrogen-bond donors (Lipinski definition) is 2. The third kappa shape index (κ3) is 5.54. The van der Waals surface area contributed by atoms with E-state index in [1.165, 1.54) is 0 Å². The van der Waals surface area contributed by atoms with Crippen molar-refractivity contribution in [1.29, 1.82) is 0 Å². The maximum Gasteiger partial charge on any atom is 0.236 e. The van der Waals surface area contributed by atoms with Crippen molar-refractivity contribution in [2.75, 3.05) is 30.0 Å². The predicted molar refractivity (Wildman–Crippen MR) is 157 cm³/mol. The van der Waals surface area contributed by atoms with Gasteiger partial charge in [0.2, 0.25) is 5.91 Å². The lowest BCUT2D eigenvalue weighted by Crippen LogP contribution is -2.50. The van der Waals surface area contributed by atoms with Gasteiger partial charge in [-0.15, -0.1) is 12.4 Å². The van der Waals surface area contributed by atoms with Gasteiger partial charge in [0, 0.05) is 58.8 Å². The van der Waals surface area contributed by atoms with Crippen LogP contribution in [0.2, 0.25) is 5.02 Å². The molecule has 2 unspecified atom stereocenters. The smallest absolute Gasteiger partial charge is 0.236 e. The summed E-state index contributed by atoms with van der Waals surface area (Å²) in [5, 5.41) is 13.4. The Hall–Kier alpha value is -3.18. The second-order valence-electron chi connectivity index (χ2n) is 10.2. The molecular formula is C28H29Cl2N5O4S. The number of aromatic nitrogens is 3. The molecule has 0 radical (unpaired) electrons. The molecular weight excluding hydrogens is 573 g/mol. The van der Waals surface area contributed by atoms with Gasteiger partial charge in [0.05, 0.1) is 47.7 Å². The maximum absolute atomic E-state index is 14.1. The molecule has 2 aliphatic heterocycles. The predicted octanol–water partition coefficient (Wildman–Crippen LogP) is 4.31. The second kappa shape index (κ2) is 11.4. The Bertz CT molecular complexity index is 1660. The molecule has 2 atom stereocenters. The number of fused-ring (bicyclic) bond motifs is 2. The van der Waals surface area contributed by atoms with E-state index in [0.29, 0.717) is 49.0 Å². The van der Waals surface area contributed by atoms with Crippen molar-refractivity contribution in [3.8, 4) is 5.75 Å². The second-order valence-corrected chi connectivity index (χ2v) is 12.8. The van der Waals surface area contributed by atoms with Crippen molar-refractivity contribution in [2.24, 2.45) is 0 Å². The summed E-state index contributed by atoms with van der Waals surface area (Å²) in [4.78, 5) is 18.5. The molecule has 1 fully saturated rings. The normalized spacial score (nSPS) is 21.3. The minimum Gasteiger partial charge on any atom is -0.493 e. The van der Waals surface area contributed by atoms with Crippen LogP contribution in [-0.2, 0) is 26.6 Å². The van der Waals surface area contributed by atoms with Crippen LogP contribution < -0.4 is 15.4 Å². The molecule has 0 aliphatic carbocycles. The third-order valence-electron chi connectivity index (χ3n) is 7.59. The van der Waals surface area contributed by atoms with Crippen LogP contribution >= 0.6 is 24.0 Å². The summed E-state index contributed by atoms with van der Waals surface area (Å²) in [5.41, 5.74) is 1.32. The van der Waals surface area contributed by atoms with Gasteiger partial charge >= 0.3 is 0 Å². The Balaban J connectivity index is 0.00000323. The number of benzene rings is 2. The SMILES string of the molecule is Cl.O=C(Nc1cncc2ccccc12)C1(CNCc2cnn(C3CCS(=O)(=O)C3)c2)CCOc2ccc(Cl)cc21. The standard InChI is InChI=1S/C28H28ClN5O4S.ClH/c29-21-5-6-26-24(11-21)28(8-9-38-26,27(35)33-25-15-30-14-20-3-1-2-4-23(20)25)18-31-12-19-13-32-34(16-19)22-7-10-39(36,37)17-22;/h1-6,11,13-16,22,31H,7-10,12,17-18H2,(H,33,35);1H. The zero-order valence-electron chi connectivity index (χ0n) is 21.5. The molecule has 2 aromatic carbocycles. The number of carbonyl (C=O) groups is 1. The quantitative estimate of drug-likeness (QED) is 0.324. The van der Waals surface area contributed by atoms with Gasteiger partial charge in [0.1, 0.15) is 5.75 Å². The Kier molecular flexibility index (Phi) is 8.05. The first-order valence-electron chi connectivity index (χ1n) is 12.8. The Labute approximate surface area is 243 Å². The molecule has 2 aromatic heterocycles. The first-order valence-corrected chi connectivity index (χ1v) is 15.0. The van der Waals surface area contributed by atoms with E-state index in [-0.39, 0.29) is 35.9 Å². The van der Waals surface area contributed by atoms with E-state index >= 15 is 0 Å². The molecule has 4 aromatic rings. The molecule has 6 rings (SSSR count). The molecule has 1 saturated heterocycles. The average Bonchev–Trinajstić information content (AvgIpc) is 3.55. The highest BCUT2D eigenvalue weighted by atomic mass is 35.5. The van der Waals surface area contributed by atoms with Crippen molar-refractivity contribution in [1.82, 2.24) is 20.1 Å². The van der Waals surface area contributed by atoms with Crippen LogP contribution in [0.25, 0.3) is 10.8 Å². The van der Waals surface area contributed by atoms with Crippen LogP contribution in [0.1, 0.15) is 30.0 Å². The molecule has 12 heteroatoms. The summed E-state index contributed by atoms with van der Waals surface area (Å²) in [6, 6.07) is 13.0. The molecule has 0 bridgehead atoms. The van der Waals surface area contributed by atoms with Crippen LogP contribution in [0.5, 0.6) is 5.75 Å². The van der Waals surface area contributed by atoms with Gasteiger partial charge in [0.25, 0.3) is 0 Å². The number of amides is 1. The minimum atomic E-state index is -3.00. The first-order chi connectivity index (χ1) is 18.8. The lowest BCUT2D eigenvalue weighted by Gasteiger charge is -2.38. The zero-order chi connectivity index (χ0) is 27.0. The highest BCUT2D eigenvalue weighted by molar-refractivity contribution is 7.91. The average molecular weight is 603 g/mol. The molecule has 0 spiro atoms. The van der Waals surface area contributed by atoms with Crippen molar-refractivity contribution in [3.63, 3.8) is 0 Å².